The maximum atomic E-state index is 14.0. The van der Waals surface area contributed by atoms with Gasteiger partial charge in [-0.15, -0.1) is 0 Å². The molecule has 0 saturated carbocycles. The van der Waals surface area contributed by atoms with E-state index in [0.29, 0.717) is 105 Å². The molecule has 0 radical (unpaired) electrons. The molecule has 5 aromatic heterocycles. The van der Waals surface area contributed by atoms with Crippen LogP contribution in [0, 0.1) is 0 Å². The lowest BCUT2D eigenvalue weighted by molar-refractivity contribution is 0.0952. The van der Waals surface area contributed by atoms with E-state index in [1.165, 1.54) is 22.7 Å². The summed E-state index contributed by atoms with van der Waals surface area (Å²) in [6.45, 7) is 16.5. The first-order chi connectivity index (χ1) is 62.5. The van der Waals surface area contributed by atoms with Crippen LogP contribution in [-0.4, -0.2) is 140 Å². The Morgan fingerprint density at radius 1 is 0.344 bits per heavy atom. The van der Waals surface area contributed by atoms with E-state index in [2.05, 4.69) is 134 Å². The first-order valence-electron chi connectivity index (χ1n) is 43.2. The molecule has 0 bridgehead atoms. The number of aromatic nitrogens is 1. The number of hydrogen-bond donors (Lipinski definition) is 5. The van der Waals surface area contributed by atoms with E-state index in [4.69, 9.17) is 64.1 Å². The molecule has 13 heterocycles. The average molecular weight is 1850 g/mol. The second-order valence-electron chi connectivity index (χ2n) is 32.8. The molecular weight excluding hydrogens is 1760 g/mol. The highest BCUT2D eigenvalue weighted by Crippen LogP contribution is 2.44. The third kappa shape index (κ3) is 18.6. The van der Waals surface area contributed by atoms with E-state index < -0.39 is 0 Å². The molecule has 26 heteroatoms. The Labute approximate surface area is 770 Å². The molecule has 5 N–H and O–H groups in total. The van der Waals surface area contributed by atoms with Gasteiger partial charge >= 0.3 is 0 Å². The number of anilines is 8. The molecule has 4 saturated heterocycles. The summed E-state index contributed by atoms with van der Waals surface area (Å²) < 4.78 is 25.4. The summed E-state index contributed by atoms with van der Waals surface area (Å²) in [6, 6.07) is 77.1. The monoisotopic (exact) mass is 1850 g/mol. The number of nitrogens with one attached hydrogen (secondary N) is 5. The minimum Gasteiger partial charge on any atom is -0.451 e. The quantitative estimate of drug-likeness (QED) is 0.0768. The molecule has 8 aliphatic heterocycles. The molecule has 22 rings (SSSR count). The van der Waals surface area contributed by atoms with Gasteiger partial charge in [-0.3, -0.25) is 29.1 Å². The van der Waals surface area contributed by atoms with Gasteiger partial charge in [-0.2, -0.15) is 0 Å². The minimum absolute atomic E-state index is 0.117. The number of benzene rings is 9. The van der Waals surface area contributed by atoms with E-state index >= 15 is 0 Å². The van der Waals surface area contributed by atoms with Gasteiger partial charge in [0.2, 0.25) is 0 Å². The summed E-state index contributed by atoms with van der Waals surface area (Å²) in [5.41, 5.74) is 21.9. The molecule has 8 aliphatic rings. The molecule has 0 spiro atoms. The minimum atomic E-state index is -0.205. The molecule has 0 aliphatic carbocycles. The Morgan fingerprint density at radius 2 is 0.680 bits per heavy atom. The molecule has 4 amide bonds. The number of nitrogens with zero attached hydrogens (tertiary/aromatic N) is 8. The highest BCUT2D eigenvalue weighted by atomic mass is 79.9. The van der Waals surface area contributed by atoms with Gasteiger partial charge in [0.05, 0.1) is 18.8 Å². The maximum absolute atomic E-state index is 14.0. The van der Waals surface area contributed by atoms with Crippen molar-refractivity contribution >= 4 is 131 Å². The molecule has 648 valence electrons. The number of pyridine rings is 1. The molecular formula is C102H92BrCl4N13O8. The van der Waals surface area contributed by atoms with Gasteiger partial charge in [-0.1, -0.05) is 86.6 Å². The van der Waals surface area contributed by atoms with Crippen molar-refractivity contribution in [2.45, 2.75) is 38.8 Å². The summed E-state index contributed by atoms with van der Waals surface area (Å²) in [5.74, 6) is 3.67. The lowest BCUT2D eigenvalue weighted by Crippen LogP contribution is -2.43. The summed E-state index contributed by atoms with van der Waals surface area (Å²) in [4.78, 5) is 73.0. The SMILES string of the molecule is CN1C(=O)c2oc(-c3ccc(Cl)cc3)cc2Cc2cc(N3CCNCC3)ccc21.O=C1Nc2ccc(N3CCNCC3)cc2Cc2cc(-c3ccc(Cl)cc3)oc21.O=C1c2oc(-c3ccc(Cl)cc3)cc2Cc2cc(N3CCNCC3)ccc2N1Cc1ccccc1Br.O=C1c2oc(-c3ccc(Cl)cc3)cc2Cc2cc(N3CCNCC3)ccc2N1Cc1ccccn1. The lowest BCUT2D eigenvalue weighted by Gasteiger charge is -2.31. The largest absolute Gasteiger partial charge is 0.451 e. The Balaban J connectivity index is 0.000000112. The number of carbonyl (C=O) groups is 4. The molecule has 21 nitrogen and oxygen atoms in total. The molecule has 128 heavy (non-hydrogen) atoms. The number of hydrogen-bond acceptors (Lipinski definition) is 17. The smallest absolute Gasteiger partial charge is 0.294 e. The zero-order chi connectivity index (χ0) is 87.5. The number of rotatable bonds is 12. The van der Waals surface area contributed by atoms with E-state index in [1.54, 1.807) is 16.0 Å². The van der Waals surface area contributed by atoms with Crippen molar-refractivity contribution in [3.05, 3.63) is 346 Å². The van der Waals surface area contributed by atoms with Gasteiger partial charge in [0.15, 0.2) is 23.0 Å². The number of halogens is 5. The van der Waals surface area contributed by atoms with Crippen molar-refractivity contribution < 1.29 is 36.8 Å². The van der Waals surface area contributed by atoms with Crippen molar-refractivity contribution in [3.8, 4) is 45.3 Å². The second-order valence-corrected chi connectivity index (χ2v) is 35.4. The first-order valence-corrected chi connectivity index (χ1v) is 45.6. The van der Waals surface area contributed by atoms with Crippen LogP contribution >= 0.6 is 62.3 Å². The Hall–Kier alpha value is -12.2. The molecule has 4 fully saturated rings. The topological polar surface area (TPSA) is 217 Å². The second kappa shape index (κ2) is 38.0. The van der Waals surface area contributed by atoms with Gasteiger partial charge in [-0.25, -0.2) is 0 Å². The van der Waals surface area contributed by atoms with Crippen LogP contribution in [0.3, 0.4) is 0 Å². The highest BCUT2D eigenvalue weighted by molar-refractivity contribution is 9.10. The third-order valence-electron chi connectivity index (χ3n) is 24.6. The van der Waals surface area contributed by atoms with Crippen molar-refractivity contribution in [3.63, 3.8) is 0 Å². The van der Waals surface area contributed by atoms with E-state index in [1.807, 2.05) is 182 Å². The normalized spacial score (nSPS) is 15.8. The number of furan rings is 4. The summed E-state index contributed by atoms with van der Waals surface area (Å²) >= 11 is 27.8. The van der Waals surface area contributed by atoms with Crippen LogP contribution in [0.5, 0.6) is 0 Å². The van der Waals surface area contributed by atoms with E-state index in [-0.39, 0.29) is 23.6 Å². The molecule has 9 aromatic carbocycles. The van der Waals surface area contributed by atoms with Crippen molar-refractivity contribution in [1.29, 1.82) is 0 Å². The fourth-order valence-electron chi connectivity index (χ4n) is 17.8. The zero-order valence-corrected chi connectivity index (χ0v) is 75.0. The Kier molecular flexibility index (Phi) is 25.3. The zero-order valence-electron chi connectivity index (χ0n) is 70.4. The molecule has 0 unspecified atom stereocenters. The first kappa shape index (κ1) is 85.3. The van der Waals surface area contributed by atoms with Crippen LogP contribution in [-0.2, 0) is 38.8 Å². The predicted molar refractivity (Wildman–Crippen MR) is 514 cm³/mol. The maximum Gasteiger partial charge on any atom is 0.294 e. The van der Waals surface area contributed by atoms with Gasteiger partial charge in [0.25, 0.3) is 23.6 Å². The molecule has 0 atom stereocenters. The summed E-state index contributed by atoms with van der Waals surface area (Å²) in [5, 5.41) is 19.3. The summed E-state index contributed by atoms with van der Waals surface area (Å²) in [7, 11) is 1.81. The number of fused-ring (bicyclic) bond motifs is 8. The predicted octanol–water partition coefficient (Wildman–Crippen LogP) is 20.0. The number of piperazine rings is 4. The number of amides is 4. The Bertz CT molecular complexity index is 6440. The molecule has 14 aromatic rings. The van der Waals surface area contributed by atoms with Crippen LogP contribution in [0.4, 0.5) is 45.5 Å². The lowest BCUT2D eigenvalue weighted by atomic mass is 10.0. The standard InChI is InChI=1S/C29H25BrClN3O2.C28H25ClN4O2.C23H22ClN3O2.C22H20ClN3O2/c30-25-4-2-1-3-20(25)18-34-26-10-9-24(33-13-11-32-12-14-33)16-21(26)15-22-17-27(36-28(22)29(34)35)19-5-7-23(31)8-6-19;29-22-6-4-19(5-7-22)26-17-21-15-20-16-24(32-13-11-30-12-14-32)8-9-25(20)33(28(34)27(21)35-26)18-23-3-1-2-10-31-23;1-26-20-7-6-19(27-10-8-25-9-11-27)13-16(20)12-17-14-21(29-22(17)23(26)28)15-2-4-18(24)5-3-15;23-17-3-1-14(2-4-17)20-13-16-11-15-12-18(26-9-7-24-8-10-26)5-6-19(15)25-22(27)21(16)28-20/h1-10,16-17,32H,11-15,18H2;1-10,16-17,30H,11-15,18H2;2-7,13-14,25H,8-12H2,1H3;1-6,12-13,24H,7-11H2,(H,25,27). The van der Waals surface area contributed by atoms with Crippen LogP contribution < -0.4 is 60.9 Å². The van der Waals surface area contributed by atoms with Crippen LogP contribution in [0.1, 0.15) is 98.0 Å². The van der Waals surface area contributed by atoms with Gasteiger partial charge in [-0.05, 0) is 240 Å². The average Bonchev–Trinajstić information content (AvgIpc) is 1.57. The van der Waals surface area contributed by atoms with Crippen molar-refractivity contribution in [2.24, 2.45) is 0 Å². The van der Waals surface area contributed by atoms with Gasteiger partial charge in [0, 0.05) is 258 Å². The van der Waals surface area contributed by atoms with Crippen molar-refractivity contribution in [1.82, 2.24) is 26.3 Å². The van der Waals surface area contributed by atoms with E-state index in [9.17, 15) is 19.2 Å². The fraction of sp³-hybridized carbons (Fsp3) is 0.225. The van der Waals surface area contributed by atoms with Crippen LogP contribution in [0.15, 0.2) is 265 Å². The van der Waals surface area contributed by atoms with Crippen molar-refractivity contribution in [2.75, 3.05) is 151 Å². The fourth-order valence-corrected chi connectivity index (χ4v) is 18.7. The van der Waals surface area contributed by atoms with E-state index in [0.717, 1.165) is 210 Å². The Morgan fingerprint density at radius 3 is 1.08 bits per heavy atom. The summed E-state index contributed by atoms with van der Waals surface area (Å²) in [6.07, 6.45) is 4.31. The van der Waals surface area contributed by atoms with Gasteiger partial charge < -0.3 is 73.7 Å². The number of carbonyl (C=O) groups excluding carboxylic acids is 4. The highest BCUT2D eigenvalue weighted by Gasteiger charge is 2.36. The van der Waals surface area contributed by atoms with Gasteiger partial charge in [0.1, 0.15) is 23.0 Å². The third-order valence-corrected chi connectivity index (χ3v) is 26.4. The van der Waals surface area contributed by atoms with Crippen LogP contribution in [0.25, 0.3) is 45.3 Å². The van der Waals surface area contributed by atoms with Crippen LogP contribution in [0.2, 0.25) is 20.1 Å².